The number of oxazole rings is 1. The summed E-state index contributed by atoms with van der Waals surface area (Å²) in [6.07, 6.45) is 3.43. The number of rotatable bonds is 4. The first-order chi connectivity index (χ1) is 11.5. The molecule has 1 saturated heterocycles. The molecule has 1 aliphatic heterocycles. The minimum atomic E-state index is -0.977. The second kappa shape index (κ2) is 6.82. The second-order valence-corrected chi connectivity index (χ2v) is 5.76. The first-order valence-corrected chi connectivity index (χ1v) is 7.77. The summed E-state index contributed by atoms with van der Waals surface area (Å²) in [5, 5.41) is 9.24. The van der Waals surface area contributed by atoms with Gasteiger partial charge in [-0.05, 0) is 43.5 Å². The number of hydrogen-bond acceptors (Lipinski definition) is 4. The monoisotopic (exact) mass is 332 g/mol. The van der Waals surface area contributed by atoms with Crippen molar-refractivity contribution in [1.82, 2.24) is 9.88 Å². The Labute approximate surface area is 137 Å². The van der Waals surface area contributed by atoms with Crippen molar-refractivity contribution in [2.75, 3.05) is 6.54 Å². The van der Waals surface area contributed by atoms with Gasteiger partial charge in [0.25, 0.3) is 0 Å². The van der Waals surface area contributed by atoms with Gasteiger partial charge in [0.2, 0.25) is 11.8 Å². The van der Waals surface area contributed by atoms with Gasteiger partial charge in [-0.15, -0.1) is 0 Å². The van der Waals surface area contributed by atoms with Crippen LogP contribution < -0.4 is 0 Å². The maximum atomic E-state index is 12.9. The molecule has 6 nitrogen and oxygen atoms in total. The van der Waals surface area contributed by atoms with Crippen molar-refractivity contribution in [3.05, 3.63) is 42.0 Å². The van der Waals surface area contributed by atoms with E-state index in [1.54, 1.807) is 0 Å². The van der Waals surface area contributed by atoms with Gasteiger partial charge in [-0.1, -0.05) is 0 Å². The number of piperidine rings is 1. The number of hydrogen-bond donors (Lipinski definition) is 1. The van der Waals surface area contributed by atoms with E-state index in [1.165, 1.54) is 35.4 Å². The molecule has 7 heteroatoms. The maximum absolute atomic E-state index is 12.9. The van der Waals surface area contributed by atoms with Gasteiger partial charge < -0.3 is 14.4 Å². The first-order valence-electron chi connectivity index (χ1n) is 7.77. The molecule has 1 aromatic carbocycles. The zero-order valence-electron chi connectivity index (χ0n) is 12.9. The van der Waals surface area contributed by atoms with Gasteiger partial charge in [0, 0.05) is 12.1 Å². The molecule has 24 heavy (non-hydrogen) atoms. The molecule has 0 bridgehead atoms. The smallest absolute Gasteiger partial charge is 0.326 e. The van der Waals surface area contributed by atoms with E-state index in [0.29, 0.717) is 30.1 Å². The predicted molar refractivity (Wildman–Crippen MR) is 82.6 cm³/mol. The Kier molecular flexibility index (Phi) is 4.59. The molecule has 126 valence electrons. The van der Waals surface area contributed by atoms with Crippen LogP contribution >= 0.6 is 0 Å². The summed E-state index contributed by atoms with van der Waals surface area (Å²) >= 11 is 0. The topological polar surface area (TPSA) is 83.6 Å². The molecule has 0 aliphatic carbocycles. The minimum absolute atomic E-state index is 0.0194. The number of carboxylic acids is 1. The summed E-state index contributed by atoms with van der Waals surface area (Å²) in [6.45, 7) is 0.443. The van der Waals surface area contributed by atoms with E-state index in [-0.39, 0.29) is 18.1 Å². The van der Waals surface area contributed by atoms with Crippen LogP contribution in [0, 0.1) is 5.82 Å². The molecule has 1 fully saturated rings. The molecule has 2 heterocycles. The molecular formula is C17H17FN2O4. The van der Waals surface area contributed by atoms with Gasteiger partial charge in [0.1, 0.15) is 18.1 Å². The summed E-state index contributed by atoms with van der Waals surface area (Å²) in [6, 6.07) is 4.91. The Bertz CT molecular complexity index is 741. The van der Waals surface area contributed by atoms with Crippen LogP contribution in [0.15, 0.2) is 34.9 Å². The molecule has 1 N–H and O–H groups in total. The third-order valence-electron chi connectivity index (χ3n) is 4.08. The van der Waals surface area contributed by atoms with Crippen LogP contribution in [0.1, 0.15) is 25.0 Å². The Balaban J connectivity index is 1.70. The fourth-order valence-corrected chi connectivity index (χ4v) is 2.86. The van der Waals surface area contributed by atoms with Crippen LogP contribution in [-0.4, -0.2) is 39.5 Å². The highest BCUT2D eigenvalue weighted by atomic mass is 19.1. The third-order valence-corrected chi connectivity index (χ3v) is 4.08. The number of carboxylic acid groups (broad SMARTS) is 1. The fourth-order valence-electron chi connectivity index (χ4n) is 2.86. The van der Waals surface area contributed by atoms with Crippen molar-refractivity contribution in [3.8, 4) is 11.5 Å². The van der Waals surface area contributed by atoms with Gasteiger partial charge in [0.15, 0.2) is 0 Å². The maximum Gasteiger partial charge on any atom is 0.326 e. The zero-order valence-corrected chi connectivity index (χ0v) is 12.9. The standard InChI is InChI=1S/C17H17FN2O4/c18-12-6-4-11(5-7-12)16-19-13(10-24-16)9-15(21)20-8-2-1-3-14(20)17(22)23/h4-7,10,14H,1-3,8-9H2,(H,22,23)/t14-/m1/s1. The predicted octanol–water partition coefficient (Wildman–Crippen LogP) is 2.49. The molecule has 0 saturated carbocycles. The number of halogens is 1. The molecule has 2 aromatic rings. The van der Waals surface area contributed by atoms with Crippen molar-refractivity contribution < 1.29 is 23.5 Å². The highest BCUT2D eigenvalue weighted by Gasteiger charge is 2.32. The molecule has 1 aliphatic rings. The normalized spacial score (nSPS) is 17.7. The average Bonchev–Trinajstić information content (AvgIpc) is 3.04. The van der Waals surface area contributed by atoms with Gasteiger partial charge in [-0.3, -0.25) is 4.79 Å². The van der Waals surface area contributed by atoms with Gasteiger partial charge in [-0.25, -0.2) is 14.2 Å². The molecule has 0 radical (unpaired) electrons. The van der Waals surface area contributed by atoms with Crippen LogP contribution in [0.25, 0.3) is 11.5 Å². The average molecular weight is 332 g/mol. The zero-order chi connectivity index (χ0) is 17.1. The lowest BCUT2D eigenvalue weighted by atomic mass is 10.0. The molecular weight excluding hydrogens is 315 g/mol. The van der Waals surface area contributed by atoms with Gasteiger partial charge in [-0.2, -0.15) is 0 Å². The van der Waals surface area contributed by atoms with E-state index in [9.17, 15) is 19.1 Å². The molecule has 3 rings (SSSR count). The SMILES string of the molecule is O=C(O)[C@H]1CCCCN1C(=O)Cc1coc(-c2ccc(F)cc2)n1. The Morgan fingerprint density at radius 1 is 1.29 bits per heavy atom. The van der Waals surface area contributed by atoms with E-state index >= 15 is 0 Å². The van der Waals surface area contributed by atoms with Crippen molar-refractivity contribution in [2.45, 2.75) is 31.7 Å². The van der Waals surface area contributed by atoms with E-state index in [1.807, 2.05) is 0 Å². The number of carbonyl (C=O) groups excluding carboxylic acids is 1. The summed E-state index contributed by atoms with van der Waals surface area (Å²) in [4.78, 5) is 29.3. The van der Waals surface area contributed by atoms with E-state index in [2.05, 4.69) is 4.98 Å². The number of amides is 1. The second-order valence-electron chi connectivity index (χ2n) is 5.76. The van der Waals surface area contributed by atoms with Crippen molar-refractivity contribution in [3.63, 3.8) is 0 Å². The fraction of sp³-hybridized carbons (Fsp3) is 0.353. The number of aliphatic carboxylic acids is 1. The summed E-state index contributed by atoms with van der Waals surface area (Å²) in [5.74, 6) is -1.31. The quantitative estimate of drug-likeness (QED) is 0.930. The van der Waals surface area contributed by atoms with Crippen LogP contribution in [0.5, 0.6) is 0 Å². The van der Waals surface area contributed by atoms with Crippen LogP contribution in [0.3, 0.4) is 0 Å². The Morgan fingerprint density at radius 3 is 2.75 bits per heavy atom. The van der Waals surface area contributed by atoms with Gasteiger partial charge >= 0.3 is 5.97 Å². The lowest BCUT2D eigenvalue weighted by molar-refractivity contribution is -0.151. The molecule has 1 atom stereocenters. The summed E-state index contributed by atoms with van der Waals surface area (Å²) < 4.78 is 18.3. The first kappa shape index (κ1) is 16.2. The van der Waals surface area contributed by atoms with Gasteiger partial charge in [0.05, 0.1) is 12.1 Å². The molecule has 1 aromatic heterocycles. The van der Waals surface area contributed by atoms with Crippen molar-refractivity contribution >= 4 is 11.9 Å². The highest BCUT2D eigenvalue weighted by molar-refractivity contribution is 5.85. The van der Waals surface area contributed by atoms with Crippen LogP contribution in [0.2, 0.25) is 0 Å². The van der Waals surface area contributed by atoms with E-state index in [0.717, 1.165) is 12.8 Å². The summed E-state index contributed by atoms with van der Waals surface area (Å²) in [5.41, 5.74) is 1.03. The molecule has 0 unspecified atom stereocenters. The number of benzene rings is 1. The highest BCUT2D eigenvalue weighted by Crippen LogP contribution is 2.21. The summed E-state index contributed by atoms with van der Waals surface area (Å²) in [7, 11) is 0. The lowest BCUT2D eigenvalue weighted by Crippen LogP contribution is -2.48. The van der Waals surface area contributed by atoms with E-state index in [4.69, 9.17) is 4.42 Å². The van der Waals surface area contributed by atoms with E-state index < -0.39 is 12.0 Å². The lowest BCUT2D eigenvalue weighted by Gasteiger charge is -2.32. The minimum Gasteiger partial charge on any atom is -0.480 e. The number of likely N-dealkylation sites (tertiary alicyclic amines) is 1. The third kappa shape index (κ3) is 3.45. The van der Waals surface area contributed by atoms with Crippen LogP contribution in [0.4, 0.5) is 4.39 Å². The Hall–Kier alpha value is -2.70. The van der Waals surface area contributed by atoms with Crippen LogP contribution in [-0.2, 0) is 16.0 Å². The largest absolute Gasteiger partial charge is 0.480 e. The Morgan fingerprint density at radius 2 is 2.04 bits per heavy atom. The number of carbonyl (C=O) groups is 2. The van der Waals surface area contributed by atoms with Crippen molar-refractivity contribution in [2.24, 2.45) is 0 Å². The molecule has 1 amide bonds. The van der Waals surface area contributed by atoms with Crippen molar-refractivity contribution in [1.29, 1.82) is 0 Å². The molecule has 0 spiro atoms. The number of nitrogens with zero attached hydrogens (tertiary/aromatic N) is 2. The number of aromatic nitrogens is 1.